The zero-order chi connectivity index (χ0) is 22.1. The molecule has 0 bridgehead atoms. The highest BCUT2D eigenvalue weighted by Crippen LogP contribution is 2.24. The van der Waals surface area contributed by atoms with Gasteiger partial charge >= 0.3 is 0 Å². The number of hydrogen-bond acceptors (Lipinski definition) is 5. The summed E-state index contributed by atoms with van der Waals surface area (Å²) in [7, 11) is 0. The number of likely N-dealkylation sites (tertiary alicyclic amines) is 1. The molecule has 5 rings (SSSR count). The molecule has 0 aliphatic carbocycles. The molecule has 2 saturated heterocycles. The van der Waals surface area contributed by atoms with Gasteiger partial charge in [0.1, 0.15) is 11.2 Å². The lowest BCUT2D eigenvalue weighted by molar-refractivity contribution is 0.0561. The summed E-state index contributed by atoms with van der Waals surface area (Å²) in [5.41, 5.74) is 3.04. The summed E-state index contributed by atoms with van der Waals surface area (Å²) in [6.45, 7) is 7.48. The maximum atomic E-state index is 13.2. The van der Waals surface area contributed by atoms with Gasteiger partial charge < -0.3 is 9.80 Å². The third kappa shape index (κ3) is 3.88. The Bertz CT molecular complexity index is 1180. The van der Waals surface area contributed by atoms with Gasteiger partial charge in [-0.05, 0) is 43.5 Å². The quantitative estimate of drug-likeness (QED) is 0.638. The van der Waals surface area contributed by atoms with E-state index in [4.69, 9.17) is 0 Å². The molecule has 7 nitrogen and oxygen atoms in total. The number of aromatic nitrogens is 2. The normalized spacial score (nSPS) is 20.0. The number of amides is 1. The van der Waals surface area contributed by atoms with Gasteiger partial charge in [-0.1, -0.05) is 24.3 Å². The van der Waals surface area contributed by atoms with Crippen LogP contribution in [-0.4, -0.2) is 70.4 Å². The van der Waals surface area contributed by atoms with Crippen LogP contribution in [0.25, 0.3) is 5.65 Å². The maximum Gasteiger partial charge on any atom is 0.270 e. The maximum absolute atomic E-state index is 13.2. The number of anilines is 1. The van der Waals surface area contributed by atoms with Gasteiger partial charge in [0.05, 0.1) is 0 Å². The third-order valence-corrected chi connectivity index (χ3v) is 6.81. The Kier molecular flexibility index (Phi) is 5.66. The van der Waals surface area contributed by atoms with E-state index in [9.17, 15) is 9.59 Å². The van der Waals surface area contributed by atoms with Crippen molar-refractivity contribution in [3.05, 3.63) is 76.3 Å². The Morgan fingerprint density at radius 1 is 1.00 bits per heavy atom. The number of carbonyl (C=O) groups excluding carboxylic acids is 1. The summed E-state index contributed by atoms with van der Waals surface area (Å²) in [5, 5.41) is 0. The predicted molar refractivity (Wildman–Crippen MR) is 125 cm³/mol. The van der Waals surface area contributed by atoms with Crippen LogP contribution in [0.2, 0.25) is 0 Å². The summed E-state index contributed by atoms with van der Waals surface area (Å²) >= 11 is 0. The summed E-state index contributed by atoms with van der Waals surface area (Å²) in [5.74, 6) is -0.205. The van der Waals surface area contributed by atoms with Crippen molar-refractivity contribution in [2.24, 2.45) is 0 Å². The first-order valence-corrected chi connectivity index (χ1v) is 11.4. The largest absolute Gasteiger partial charge is 0.369 e. The zero-order valence-electron chi connectivity index (χ0n) is 18.5. The molecule has 1 atom stereocenters. The minimum atomic E-state index is -0.297. The van der Waals surface area contributed by atoms with Crippen LogP contribution in [0.4, 0.5) is 5.69 Å². The Hall–Kier alpha value is -3.19. The smallest absolute Gasteiger partial charge is 0.270 e. The summed E-state index contributed by atoms with van der Waals surface area (Å²) in [6, 6.07) is 14.3. The van der Waals surface area contributed by atoms with E-state index in [0.29, 0.717) is 24.8 Å². The van der Waals surface area contributed by atoms with Crippen molar-refractivity contribution in [3.63, 3.8) is 0 Å². The molecule has 3 aromatic rings. The standard InChI is InChI=1S/C25H29N5O2/c1-19-7-2-3-9-22(19)28-15-13-27(14-16-28)20-8-6-11-29(18-20)24(31)21-17-26-23-10-4-5-12-30(23)25(21)32/h2-5,7,9-10,12,17,20H,6,8,11,13-16,18H2,1H3/t20-/m1/s1. The highest BCUT2D eigenvalue weighted by Gasteiger charge is 2.31. The van der Waals surface area contributed by atoms with Crippen LogP contribution in [0.1, 0.15) is 28.8 Å². The van der Waals surface area contributed by atoms with Crippen LogP contribution >= 0.6 is 0 Å². The molecule has 4 heterocycles. The molecule has 1 amide bonds. The Balaban J connectivity index is 1.26. The molecule has 0 spiro atoms. The fraction of sp³-hybridized carbons (Fsp3) is 0.400. The number of piperidine rings is 1. The van der Waals surface area contributed by atoms with Gasteiger partial charge in [0.15, 0.2) is 0 Å². The Morgan fingerprint density at radius 3 is 2.59 bits per heavy atom. The van der Waals surface area contributed by atoms with Crippen LogP contribution in [0, 0.1) is 6.92 Å². The average Bonchev–Trinajstić information content (AvgIpc) is 2.85. The number of aryl methyl sites for hydroxylation is 1. The van der Waals surface area contributed by atoms with Gasteiger partial charge in [-0.15, -0.1) is 0 Å². The van der Waals surface area contributed by atoms with Crippen molar-refractivity contribution in [2.75, 3.05) is 44.2 Å². The summed E-state index contributed by atoms with van der Waals surface area (Å²) < 4.78 is 1.44. The van der Waals surface area contributed by atoms with Gasteiger partial charge in [0, 0.05) is 63.4 Å². The molecule has 1 aromatic carbocycles. The van der Waals surface area contributed by atoms with Gasteiger partial charge in [0.25, 0.3) is 11.5 Å². The lowest BCUT2D eigenvalue weighted by Crippen LogP contribution is -2.56. The summed E-state index contributed by atoms with van der Waals surface area (Å²) in [4.78, 5) is 37.2. The van der Waals surface area contributed by atoms with Crippen LogP contribution in [0.5, 0.6) is 0 Å². The van der Waals surface area contributed by atoms with Crippen molar-refractivity contribution >= 4 is 17.2 Å². The van der Waals surface area contributed by atoms with Crippen LogP contribution in [0.3, 0.4) is 0 Å². The molecular weight excluding hydrogens is 402 g/mol. The monoisotopic (exact) mass is 431 g/mol. The van der Waals surface area contributed by atoms with E-state index in [2.05, 4.69) is 46.0 Å². The van der Waals surface area contributed by atoms with Gasteiger partial charge in [-0.25, -0.2) is 4.98 Å². The Morgan fingerprint density at radius 2 is 1.78 bits per heavy atom. The second kappa shape index (κ2) is 8.74. The number of benzene rings is 1. The number of piperazine rings is 1. The first-order valence-electron chi connectivity index (χ1n) is 11.4. The lowest BCUT2D eigenvalue weighted by atomic mass is 10.0. The Labute approximate surface area is 187 Å². The van der Waals surface area contributed by atoms with Crippen LogP contribution < -0.4 is 10.5 Å². The number of para-hydroxylation sites is 1. The van der Waals surface area contributed by atoms with E-state index in [1.807, 2.05) is 11.0 Å². The topological polar surface area (TPSA) is 61.2 Å². The molecule has 32 heavy (non-hydrogen) atoms. The molecule has 0 radical (unpaired) electrons. The van der Waals surface area contributed by atoms with Crippen LogP contribution in [0.15, 0.2) is 59.7 Å². The van der Waals surface area contributed by atoms with E-state index in [-0.39, 0.29) is 17.0 Å². The van der Waals surface area contributed by atoms with Gasteiger partial charge in [-0.3, -0.25) is 18.9 Å². The zero-order valence-corrected chi connectivity index (χ0v) is 18.5. The van der Waals surface area contributed by atoms with E-state index in [1.165, 1.54) is 21.8 Å². The van der Waals surface area contributed by atoms with Crippen molar-refractivity contribution in [1.82, 2.24) is 19.2 Å². The SMILES string of the molecule is Cc1ccccc1N1CCN([C@@H]2CCCN(C(=O)c3cnc4ccccn4c3=O)C2)CC1. The second-order valence-corrected chi connectivity index (χ2v) is 8.76. The third-order valence-electron chi connectivity index (χ3n) is 6.81. The van der Waals surface area contributed by atoms with E-state index >= 15 is 0 Å². The highest BCUT2D eigenvalue weighted by molar-refractivity contribution is 5.93. The highest BCUT2D eigenvalue weighted by atomic mass is 16.2. The van der Waals surface area contributed by atoms with Crippen molar-refractivity contribution in [3.8, 4) is 0 Å². The summed E-state index contributed by atoms with van der Waals surface area (Å²) in [6.07, 6.45) is 5.14. The number of rotatable bonds is 3. The van der Waals surface area contributed by atoms with E-state index in [0.717, 1.165) is 39.0 Å². The van der Waals surface area contributed by atoms with Gasteiger partial charge in [0.2, 0.25) is 0 Å². The van der Waals surface area contributed by atoms with Crippen molar-refractivity contribution in [1.29, 1.82) is 0 Å². The minimum Gasteiger partial charge on any atom is -0.369 e. The first kappa shape index (κ1) is 20.7. The van der Waals surface area contributed by atoms with E-state index in [1.54, 1.807) is 18.3 Å². The van der Waals surface area contributed by atoms with Gasteiger partial charge in [-0.2, -0.15) is 0 Å². The molecule has 0 saturated carbocycles. The molecular formula is C25H29N5O2. The van der Waals surface area contributed by atoms with Crippen LogP contribution in [-0.2, 0) is 0 Å². The molecule has 0 N–H and O–H groups in total. The first-order chi connectivity index (χ1) is 15.6. The minimum absolute atomic E-state index is 0.152. The average molecular weight is 432 g/mol. The molecule has 2 fully saturated rings. The molecule has 2 aromatic heterocycles. The number of hydrogen-bond donors (Lipinski definition) is 0. The fourth-order valence-corrected chi connectivity index (χ4v) is 5.03. The number of nitrogens with zero attached hydrogens (tertiary/aromatic N) is 5. The molecule has 0 unspecified atom stereocenters. The lowest BCUT2D eigenvalue weighted by Gasteiger charge is -2.44. The fourth-order valence-electron chi connectivity index (χ4n) is 5.03. The molecule has 166 valence electrons. The molecule has 2 aliphatic rings. The molecule has 2 aliphatic heterocycles. The number of pyridine rings is 1. The number of carbonyl (C=O) groups is 1. The number of fused-ring (bicyclic) bond motifs is 1. The van der Waals surface area contributed by atoms with E-state index < -0.39 is 0 Å². The second-order valence-electron chi connectivity index (χ2n) is 8.76. The molecule has 7 heteroatoms. The van der Waals surface area contributed by atoms with Crippen molar-refractivity contribution in [2.45, 2.75) is 25.8 Å². The van der Waals surface area contributed by atoms with Crippen molar-refractivity contribution < 1.29 is 4.79 Å². The predicted octanol–water partition coefficient (Wildman–Crippen LogP) is 2.43.